The molecule has 1 aromatic rings. The standard InChI is InChI=1S/C9H11BN2O2/c1-2-14-9(13)6-7-3-4-11-8(5-7)12-10/h3-5H,2,6H2,1H3,(H,11,12). The van der Waals surface area contributed by atoms with Crippen molar-refractivity contribution in [1.29, 1.82) is 0 Å². The minimum atomic E-state index is -0.248. The first-order chi connectivity index (χ1) is 6.76. The molecule has 0 bridgehead atoms. The second-order valence-electron chi connectivity index (χ2n) is 2.68. The Morgan fingerprint density at radius 3 is 3.14 bits per heavy atom. The van der Waals surface area contributed by atoms with Crippen molar-refractivity contribution in [2.45, 2.75) is 13.3 Å². The van der Waals surface area contributed by atoms with Crippen molar-refractivity contribution in [3.05, 3.63) is 23.9 Å². The van der Waals surface area contributed by atoms with Crippen LogP contribution in [0.4, 0.5) is 5.82 Å². The molecule has 0 amide bonds. The summed E-state index contributed by atoms with van der Waals surface area (Å²) in [4.78, 5) is 15.0. The van der Waals surface area contributed by atoms with E-state index in [4.69, 9.17) is 12.7 Å². The lowest BCUT2D eigenvalue weighted by molar-refractivity contribution is -0.142. The van der Waals surface area contributed by atoms with E-state index in [0.717, 1.165) is 5.56 Å². The Bertz CT molecular complexity index is 317. The monoisotopic (exact) mass is 190 g/mol. The third kappa shape index (κ3) is 3.09. The van der Waals surface area contributed by atoms with Gasteiger partial charge in [-0.2, -0.15) is 0 Å². The van der Waals surface area contributed by atoms with E-state index >= 15 is 0 Å². The molecule has 2 radical (unpaired) electrons. The average Bonchev–Trinajstić information content (AvgIpc) is 2.18. The lowest BCUT2D eigenvalue weighted by Gasteiger charge is -2.03. The van der Waals surface area contributed by atoms with Crippen molar-refractivity contribution in [2.24, 2.45) is 0 Å². The normalized spacial score (nSPS) is 9.50. The summed E-state index contributed by atoms with van der Waals surface area (Å²) in [6.07, 6.45) is 1.83. The van der Waals surface area contributed by atoms with E-state index in [2.05, 4.69) is 10.2 Å². The number of hydrogen-bond acceptors (Lipinski definition) is 4. The Morgan fingerprint density at radius 2 is 2.50 bits per heavy atom. The first-order valence-electron chi connectivity index (χ1n) is 4.33. The van der Waals surface area contributed by atoms with E-state index < -0.39 is 0 Å². The minimum Gasteiger partial charge on any atom is -0.466 e. The van der Waals surface area contributed by atoms with Gasteiger partial charge in [0.25, 0.3) is 0 Å². The second kappa shape index (κ2) is 5.27. The predicted octanol–water partition coefficient (Wildman–Crippen LogP) is 0.683. The van der Waals surface area contributed by atoms with Crippen LogP contribution < -0.4 is 5.23 Å². The van der Waals surface area contributed by atoms with Crippen LogP contribution in [0.15, 0.2) is 18.3 Å². The fourth-order valence-corrected chi connectivity index (χ4v) is 1.04. The highest BCUT2D eigenvalue weighted by Crippen LogP contribution is 2.06. The Balaban J connectivity index is 2.62. The van der Waals surface area contributed by atoms with Crippen molar-refractivity contribution in [2.75, 3.05) is 11.8 Å². The highest BCUT2D eigenvalue weighted by Gasteiger charge is 2.03. The summed E-state index contributed by atoms with van der Waals surface area (Å²) in [5.41, 5.74) is 0.825. The molecule has 0 saturated heterocycles. The third-order valence-electron chi connectivity index (χ3n) is 1.63. The lowest BCUT2D eigenvalue weighted by atomic mass is 10.2. The Morgan fingerprint density at radius 1 is 1.71 bits per heavy atom. The van der Waals surface area contributed by atoms with Crippen LogP contribution in [0.25, 0.3) is 0 Å². The zero-order valence-corrected chi connectivity index (χ0v) is 7.99. The van der Waals surface area contributed by atoms with Gasteiger partial charge in [0, 0.05) is 6.20 Å². The van der Waals surface area contributed by atoms with Crippen LogP contribution >= 0.6 is 0 Å². The molecule has 72 valence electrons. The van der Waals surface area contributed by atoms with Gasteiger partial charge >= 0.3 is 5.97 Å². The number of carbonyl (C=O) groups is 1. The van der Waals surface area contributed by atoms with Gasteiger partial charge < -0.3 is 9.96 Å². The fourth-order valence-electron chi connectivity index (χ4n) is 1.04. The summed E-state index contributed by atoms with van der Waals surface area (Å²) in [7, 11) is 5.18. The van der Waals surface area contributed by atoms with Crippen LogP contribution in [0.5, 0.6) is 0 Å². The fraction of sp³-hybridized carbons (Fsp3) is 0.333. The van der Waals surface area contributed by atoms with Crippen LogP contribution in [0.1, 0.15) is 12.5 Å². The van der Waals surface area contributed by atoms with Gasteiger partial charge in [0.05, 0.1) is 13.0 Å². The maximum absolute atomic E-state index is 11.1. The summed E-state index contributed by atoms with van der Waals surface area (Å²) in [6.45, 7) is 2.17. The van der Waals surface area contributed by atoms with Crippen LogP contribution in [0, 0.1) is 0 Å². The topological polar surface area (TPSA) is 51.2 Å². The molecular weight excluding hydrogens is 179 g/mol. The molecule has 0 atom stereocenters. The number of hydrogen-bond donors (Lipinski definition) is 1. The van der Waals surface area contributed by atoms with Gasteiger partial charge in [-0.1, -0.05) is 0 Å². The second-order valence-corrected chi connectivity index (χ2v) is 2.68. The van der Waals surface area contributed by atoms with Gasteiger partial charge in [-0.25, -0.2) is 4.98 Å². The van der Waals surface area contributed by atoms with Gasteiger partial charge in [0.2, 0.25) is 7.98 Å². The molecule has 4 nitrogen and oxygen atoms in total. The average molecular weight is 190 g/mol. The van der Waals surface area contributed by atoms with Crippen LogP contribution in [0.2, 0.25) is 0 Å². The number of nitrogens with zero attached hydrogens (tertiary/aromatic N) is 1. The quantitative estimate of drug-likeness (QED) is 0.560. The van der Waals surface area contributed by atoms with Gasteiger partial charge in [-0.3, -0.25) is 4.79 Å². The molecule has 0 aliphatic carbocycles. The number of ether oxygens (including phenoxy) is 1. The molecule has 14 heavy (non-hydrogen) atoms. The molecule has 1 aromatic heterocycles. The summed E-state index contributed by atoms with van der Waals surface area (Å²) in [5, 5.41) is 2.41. The molecule has 1 N–H and O–H groups in total. The van der Waals surface area contributed by atoms with E-state index in [1.807, 2.05) is 0 Å². The van der Waals surface area contributed by atoms with Crippen molar-refractivity contribution in [3.8, 4) is 0 Å². The number of nitrogens with one attached hydrogen (secondary N) is 1. The van der Waals surface area contributed by atoms with Crippen LogP contribution in [0.3, 0.4) is 0 Å². The summed E-state index contributed by atoms with van der Waals surface area (Å²) in [5.74, 6) is 0.286. The third-order valence-corrected chi connectivity index (χ3v) is 1.63. The van der Waals surface area contributed by atoms with E-state index in [1.165, 1.54) is 0 Å². The predicted molar refractivity (Wildman–Crippen MR) is 54.0 cm³/mol. The van der Waals surface area contributed by atoms with E-state index in [0.29, 0.717) is 12.4 Å². The molecule has 0 aliphatic heterocycles. The summed E-state index contributed by atoms with van der Waals surface area (Å²) in [6, 6.07) is 3.45. The van der Waals surface area contributed by atoms with Crippen molar-refractivity contribution >= 4 is 19.8 Å². The van der Waals surface area contributed by atoms with E-state index in [1.54, 1.807) is 25.3 Å². The molecular formula is C9H11BN2O2. The zero-order valence-electron chi connectivity index (χ0n) is 7.99. The molecule has 0 aromatic carbocycles. The number of anilines is 1. The summed E-state index contributed by atoms with van der Waals surface area (Å²) < 4.78 is 4.81. The molecule has 5 heteroatoms. The molecule has 0 fully saturated rings. The maximum Gasteiger partial charge on any atom is 0.310 e. The smallest absolute Gasteiger partial charge is 0.310 e. The van der Waals surface area contributed by atoms with Gasteiger partial charge in [0.1, 0.15) is 5.82 Å². The maximum atomic E-state index is 11.1. The van der Waals surface area contributed by atoms with Crippen LogP contribution in [-0.4, -0.2) is 25.5 Å². The molecule has 1 rings (SSSR count). The molecule has 1 heterocycles. The minimum absolute atomic E-state index is 0.241. The molecule has 0 aliphatic rings. The Hall–Kier alpha value is -1.52. The highest BCUT2D eigenvalue weighted by atomic mass is 16.5. The number of esters is 1. The number of aromatic nitrogens is 1. The summed E-state index contributed by atoms with van der Waals surface area (Å²) >= 11 is 0. The Labute approximate surface area is 84.1 Å². The molecule has 0 spiro atoms. The van der Waals surface area contributed by atoms with Gasteiger partial charge in [0.15, 0.2) is 0 Å². The number of carbonyl (C=O) groups excluding carboxylic acids is 1. The van der Waals surface area contributed by atoms with Gasteiger partial charge in [-0.15, -0.1) is 0 Å². The lowest BCUT2D eigenvalue weighted by Crippen LogP contribution is -2.08. The van der Waals surface area contributed by atoms with Crippen molar-refractivity contribution in [3.63, 3.8) is 0 Å². The largest absolute Gasteiger partial charge is 0.466 e. The van der Waals surface area contributed by atoms with Crippen molar-refractivity contribution < 1.29 is 9.53 Å². The number of pyridine rings is 1. The Kier molecular flexibility index (Phi) is 3.97. The van der Waals surface area contributed by atoms with E-state index in [-0.39, 0.29) is 12.4 Å². The van der Waals surface area contributed by atoms with Gasteiger partial charge in [-0.05, 0) is 24.6 Å². The highest BCUT2D eigenvalue weighted by molar-refractivity contribution is 6.15. The van der Waals surface area contributed by atoms with E-state index in [9.17, 15) is 4.79 Å². The first kappa shape index (κ1) is 10.6. The number of rotatable bonds is 4. The van der Waals surface area contributed by atoms with Crippen LogP contribution in [-0.2, 0) is 16.0 Å². The first-order valence-corrected chi connectivity index (χ1v) is 4.33. The SMILES string of the molecule is [B]Nc1cc(CC(=O)OCC)ccn1. The molecule has 0 unspecified atom stereocenters. The zero-order chi connectivity index (χ0) is 10.4. The van der Waals surface area contributed by atoms with Crippen molar-refractivity contribution in [1.82, 2.24) is 4.98 Å². The molecule has 0 saturated carbocycles.